The molecule has 1 rings (SSSR count). The highest BCUT2D eigenvalue weighted by molar-refractivity contribution is 6.35. The largest absolute Gasteiger partial charge is 0.492 e. The Morgan fingerprint density at radius 1 is 1.00 bits per heavy atom. The summed E-state index contributed by atoms with van der Waals surface area (Å²) in [6.07, 6.45) is 7.85. The molecule has 128 valence electrons. The Kier molecular flexibility index (Phi) is 13.2. The fourth-order valence-electron chi connectivity index (χ4n) is 2.30. The van der Waals surface area contributed by atoms with Crippen LogP contribution in [-0.2, 0) is 6.54 Å². The Morgan fingerprint density at radius 3 is 2.36 bits per heavy atom. The zero-order valence-corrected chi connectivity index (χ0v) is 15.9. The second-order valence-electron chi connectivity index (χ2n) is 5.25. The van der Waals surface area contributed by atoms with Crippen LogP contribution in [0.4, 0.5) is 0 Å². The van der Waals surface area contributed by atoms with Gasteiger partial charge in [0.1, 0.15) is 5.75 Å². The van der Waals surface area contributed by atoms with E-state index in [2.05, 4.69) is 12.2 Å². The highest BCUT2D eigenvalue weighted by atomic mass is 35.5. The summed E-state index contributed by atoms with van der Waals surface area (Å²) in [5.41, 5.74) is 1.03. The van der Waals surface area contributed by atoms with Crippen LogP contribution in [0.1, 0.15) is 57.9 Å². The van der Waals surface area contributed by atoms with Crippen molar-refractivity contribution in [3.8, 4) is 5.75 Å². The maximum absolute atomic E-state index is 6.19. The normalized spacial score (nSPS) is 10.4. The zero-order valence-electron chi connectivity index (χ0n) is 13.6. The van der Waals surface area contributed by atoms with Crippen LogP contribution >= 0.6 is 35.6 Å². The summed E-state index contributed by atoms with van der Waals surface area (Å²) in [6, 6.07) is 3.65. The number of unbranched alkanes of at least 4 members (excludes halogenated alkanes) is 5. The highest BCUT2D eigenvalue weighted by Gasteiger charge is 2.10. The van der Waals surface area contributed by atoms with Gasteiger partial charge in [0.15, 0.2) is 0 Å². The van der Waals surface area contributed by atoms with E-state index in [4.69, 9.17) is 27.9 Å². The van der Waals surface area contributed by atoms with Crippen LogP contribution in [-0.4, -0.2) is 13.2 Å². The monoisotopic (exact) mass is 367 g/mol. The molecule has 0 aromatic heterocycles. The van der Waals surface area contributed by atoms with Gasteiger partial charge in [-0.2, -0.15) is 0 Å². The number of rotatable bonds is 11. The minimum Gasteiger partial charge on any atom is -0.492 e. The standard InChI is InChI=1S/C17H27Cl2NO.ClH/c1-3-5-6-7-8-9-10-20-13-14-11-15(18)12-16(19)17(14)21-4-2;/h11-12,20H,3-10,13H2,1-2H3;1H. The average Bonchev–Trinajstić information content (AvgIpc) is 2.45. The lowest BCUT2D eigenvalue weighted by Gasteiger charge is -2.13. The first-order valence-electron chi connectivity index (χ1n) is 8.00. The lowest BCUT2D eigenvalue weighted by atomic mass is 10.1. The minimum atomic E-state index is 0. The molecule has 0 fully saturated rings. The molecule has 2 nitrogen and oxygen atoms in total. The summed E-state index contributed by atoms with van der Waals surface area (Å²) in [5, 5.41) is 4.69. The molecule has 0 aliphatic heterocycles. The van der Waals surface area contributed by atoms with Gasteiger partial charge in [-0.05, 0) is 32.0 Å². The molecule has 22 heavy (non-hydrogen) atoms. The van der Waals surface area contributed by atoms with Gasteiger partial charge in [0, 0.05) is 17.1 Å². The third kappa shape index (κ3) is 8.47. The van der Waals surface area contributed by atoms with E-state index in [1.807, 2.05) is 13.0 Å². The van der Waals surface area contributed by atoms with Crippen molar-refractivity contribution < 1.29 is 4.74 Å². The number of halogens is 3. The van der Waals surface area contributed by atoms with Gasteiger partial charge < -0.3 is 10.1 Å². The quantitative estimate of drug-likeness (QED) is 0.465. The molecule has 0 bridgehead atoms. The maximum atomic E-state index is 6.19. The van der Waals surface area contributed by atoms with Crippen LogP contribution in [0, 0.1) is 0 Å². The van der Waals surface area contributed by atoms with Gasteiger partial charge in [-0.25, -0.2) is 0 Å². The van der Waals surface area contributed by atoms with Crippen molar-refractivity contribution in [2.75, 3.05) is 13.2 Å². The van der Waals surface area contributed by atoms with Crippen molar-refractivity contribution in [1.29, 1.82) is 0 Å². The molecule has 0 aliphatic carbocycles. The second-order valence-corrected chi connectivity index (χ2v) is 6.10. The van der Waals surface area contributed by atoms with Gasteiger partial charge in [0.2, 0.25) is 0 Å². The summed E-state index contributed by atoms with van der Waals surface area (Å²) < 4.78 is 5.61. The molecule has 0 radical (unpaired) electrons. The predicted octanol–water partition coefficient (Wildman–Crippen LogP) is 6.26. The Balaban J connectivity index is 0.00000441. The third-order valence-electron chi connectivity index (χ3n) is 3.40. The van der Waals surface area contributed by atoms with Gasteiger partial charge >= 0.3 is 0 Å². The van der Waals surface area contributed by atoms with Crippen LogP contribution in [0.15, 0.2) is 12.1 Å². The number of benzene rings is 1. The van der Waals surface area contributed by atoms with E-state index >= 15 is 0 Å². The first kappa shape index (κ1) is 21.9. The molecule has 0 saturated carbocycles. The SMILES string of the molecule is CCCCCCCCNCc1cc(Cl)cc(Cl)c1OCC.Cl. The van der Waals surface area contributed by atoms with E-state index in [-0.39, 0.29) is 12.4 Å². The maximum Gasteiger partial charge on any atom is 0.142 e. The molecular weight excluding hydrogens is 341 g/mol. The molecular formula is C17H28Cl3NO. The van der Waals surface area contributed by atoms with E-state index in [0.29, 0.717) is 16.7 Å². The van der Waals surface area contributed by atoms with Crippen LogP contribution in [0.2, 0.25) is 10.0 Å². The number of hydrogen-bond acceptors (Lipinski definition) is 2. The Morgan fingerprint density at radius 2 is 1.68 bits per heavy atom. The Labute approximate surface area is 151 Å². The molecule has 0 amide bonds. The van der Waals surface area contributed by atoms with Crippen molar-refractivity contribution in [3.05, 3.63) is 27.7 Å². The first-order chi connectivity index (χ1) is 10.2. The van der Waals surface area contributed by atoms with Gasteiger partial charge in [-0.3, -0.25) is 0 Å². The molecule has 5 heteroatoms. The van der Waals surface area contributed by atoms with Crippen molar-refractivity contribution >= 4 is 35.6 Å². The summed E-state index contributed by atoms with van der Waals surface area (Å²) in [7, 11) is 0. The third-order valence-corrected chi connectivity index (χ3v) is 3.90. The molecule has 1 aromatic carbocycles. The van der Waals surface area contributed by atoms with Gasteiger partial charge in [-0.1, -0.05) is 62.2 Å². The molecule has 1 aromatic rings. The molecule has 0 saturated heterocycles. The molecule has 0 atom stereocenters. The lowest BCUT2D eigenvalue weighted by Crippen LogP contribution is -2.15. The molecule has 0 spiro atoms. The molecule has 0 aliphatic rings. The molecule has 0 heterocycles. The van der Waals surface area contributed by atoms with Gasteiger partial charge in [-0.15, -0.1) is 12.4 Å². The van der Waals surface area contributed by atoms with E-state index in [0.717, 1.165) is 24.4 Å². The fraction of sp³-hybridized carbons (Fsp3) is 0.647. The lowest BCUT2D eigenvalue weighted by molar-refractivity contribution is 0.335. The number of ether oxygens (including phenoxy) is 1. The first-order valence-corrected chi connectivity index (χ1v) is 8.76. The van der Waals surface area contributed by atoms with Crippen LogP contribution < -0.4 is 10.1 Å². The van der Waals surface area contributed by atoms with Crippen molar-refractivity contribution in [2.24, 2.45) is 0 Å². The Hall–Kier alpha value is -0.150. The summed E-state index contributed by atoms with van der Waals surface area (Å²) in [6.45, 7) is 6.56. The smallest absolute Gasteiger partial charge is 0.142 e. The van der Waals surface area contributed by atoms with Crippen molar-refractivity contribution in [2.45, 2.75) is 58.9 Å². The summed E-state index contributed by atoms with van der Waals surface area (Å²) >= 11 is 12.3. The molecule has 1 N–H and O–H groups in total. The molecule has 0 unspecified atom stereocenters. The highest BCUT2D eigenvalue weighted by Crippen LogP contribution is 2.32. The minimum absolute atomic E-state index is 0. The van der Waals surface area contributed by atoms with E-state index in [9.17, 15) is 0 Å². The number of hydrogen-bond donors (Lipinski definition) is 1. The van der Waals surface area contributed by atoms with Crippen molar-refractivity contribution in [1.82, 2.24) is 5.32 Å². The summed E-state index contributed by atoms with van der Waals surface area (Å²) in [4.78, 5) is 0. The summed E-state index contributed by atoms with van der Waals surface area (Å²) in [5.74, 6) is 0.749. The van der Waals surface area contributed by atoms with E-state index < -0.39 is 0 Å². The van der Waals surface area contributed by atoms with Crippen molar-refractivity contribution in [3.63, 3.8) is 0 Å². The van der Waals surface area contributed by atoms with Gasteiger partial charge in [0.05, 0.1) is 11.6 Å². The van der Waals surface area contributed by atoms with Crippen LogP contribution in [0.3, 0.4) is 0 Å². The average molecular weight is 369 g/mol. The Bertz CT molecular complexity index is 413. The van der Waals surface area contributed by atoms with E-state index in [1.54, 1.807) is 6.07 Å². The topological polar surface area (TPSA) is 21.3 Å². The zero-order chi connectivity index (χ0) is 15.5. The second kappa shape index (κ2) is 13.3. The van der Waals surface area contributed by atoms with Crippen LogP contribution in [0.5, 0.6) is 5.75 Å². The van der Waals surface area contributed by atoms with Gasteiger partial charge in [0.25, 0.3) is 0 Å². The predicted molar refractivity (Wildman–Crippen MR) is 100.0 cm³/mol. The fourth-order valence-corrected chi connectivity index (χ4v) is 2.89. The van der Waals surface area contributed by atoms with Crippen LogP contribution in [0.25, 0.3) is 0 Å². The van der Waals surface area contributed by atoms with E-state index in [1.165, 1.54) is 38.5 Å². The number of nitrogens with one attached hydrogen (secondary N) is 1.